The normalized spacial score (nSPS) is 14.2. The van der Waals surface area contributed by atoms with Gasteiger partial charge in [0.1, 0.15) is 0 Å². The van der Waals surface area contributed by atoms with Crippen molar-refractivity contribution in [1.29, 1.82) is 0 Å². The van der Waals surface area contributed by atoms with Crippen LogP contribution in [0.3, 0.4) is 0 Å². The number of nitrogens with zero attached hydrogens (tertiary/aromatic N) is 1. The SMILES string of the molecule is CCOc1cc(C=CC(=O)NC2=NCCS2)ccc1OC(F)F. The minimum Gasteiger partial charge on any atom is -0.490 e. The minimum atomic E-state index is -2.92. The van der Waals surface area contributed by atoms with Crippen LogP contribution in [0.25, 0.3) is 6.08 Å². The average Bonchev–Trinajstić information content (AvgIpc) is 3.00. The van der Waals surface area contributed by atoms with E-state index in [0.717, 1.165) is 5.75 Å². The highest BCUT2D eigenvalue weighted by Gasteiger charge is 2.11. The molecule has 1 N–H and O–H groups in total. The lowest BCUT2D eigenvalue weighted by atomic mass is 10.2. The molecular weight excluding hydrogens is 326 g/mol. The molecule has 0 saturated carbocycles. The molecule has 23 heavy (non-hydrogen) atoms. The Morgan fingerprint density at radius 2 is 2.30 bits per heavy atom. The lowest BCUT2D eigenvalue weighted by Gasteiger charge is -2.11. The molecule has 1 amide bonds. The lowest BCUT2D eigenvalue weighted by Crippen LogP contribution is -2.25. The van der Waals surface area contributed by atoms with E-state index in [9.17, 15) is 13.6 Å². The van der Waals surface area contributed by atoms with Crippen LogP contribution < -0.4 is 14.8 Å². The number of carbonyl (C=O) groups is 1. The lowest BCUT2D eigenvalue weighted by molar-refractivity contribution is -0.115. The monoisotopic (exact) mass is 342 g/mol. The average molecular weight is 342 g/mol. The number of hydrogen-bond donors (Lipinski definition) is 1. The topological polar surface area (TPSA) is 59.9 Å². The predicted molar refractivity (Wildman–Crippen MR) is 86.2 cm³/mol. The van der Waals surface area contributed by atoms with Crippen molar-refractivity contribution in [3.63, 3.8) is 0 Å². The number of ether oxygens (including phenoxy) is 2. The van der Waals surface area contributed by atoms with Crippen molar-refractivity contribution < 1.29 is 23.0 Å². The van der Waals surface area contributed by atoms with Gasteiger partial charge in [-0.3, -0.25) is 9.79 Å². The van der Waals surface area contributed by atoms with Crippen LogP contribution in [0, 0.1) is 0 Å². The van der Waals surface area contributed by atoms with E-state index in [1.165, 1.54) is 30.0 Å². The molecule has 0 saturated heterocycles. The molecule has 2 rings (SSSR count). The van der Waals surface area contributed by atoms with E-state index in [4.69, 9.17) is 4.74 Å². The Kier molecular flexibility index (Phi) is 6.40. The van der Waals surface area contributed by atoms with Crippen molar-refractivity contribution in [2.24, 2.45) is 4.99 Å². The second-order valence-corrected chi connectivity index (χ2v) is 5.46. The second kappa shape index (κ2) is 8.52. The summed E-state index contributed by atoms with van der Waals surface area (Å²) in [4.78, 5) is 15.9. The maximum Gasteiger partial charge on any atom is 0.387 e. The molecule has 1 aromatic carbocycles. The first-order valence-corrected chi connectivity index (χ1v) is 7.95. The number of hydrogen-bond acceptors (Lipinski definition) is 5. The molecule has 1 aliphatic heterocycles. The number of thioether (sulfide) groups is 1. The zero-order chi connectivity index (χ0) is 16.7. The third-order valence-electron chi connectivity index (χ3n) is 2.73. The maximum absolute atomic E-state index is 12.3. The first-order valence-electron chi connectivity index (χ1n) is 6.96. The Morgan fingerprint density at radius 3 is 2.96 bits per heavy atom. The van der Waals surface area contributed by atoms with Crippen LogP contribution in [0.4, 0.5) is 8.78 Å². The molecule has 0 radical (unpaired) electrons. The van der Waals surface area contributed by atoms with Crippen LogP contribution in [0.15, 0.2) is 29.3 Å². The van der Waals surface area contributed by atoms with Crippen molar-refractivity contribution in [1.82, 2.24) is 5.32 Å². The molecule has 0 unspecified atom stereocenters. The van der Waals surface area contributed by atoms with Gasteiger partial charge in [0, 0.05) is 11.8 Å². The molecule has 5 nitrogen and oxygen atoms in total. The summed E-state index contributed by atoms with van der Waals surface area (Å²) in [6.45, 7) is -0.175. The molecular formula is C15H16F2N2O3S. The molecule has 8 heteroatoms. The van der Waals surface area contributed by atoms with Crippen molar-refractivity contribution in [2.75, 3.05) is 18.9 Å². The van der Waals surface area contributed by atoms with Gasteiger partial charge in [-0.25, -0.2) is 0 Å². The summed E-state index contributed by atoms with van der Waals surface area (Å²) in [6.07, 6.45) is 2.91. The molecule has 0 bridgehead atoms. The van der Waals surface area contributed by atoms with Crippen LogP contribution in [0.1, 0.15) is 12.5 Å². The maximum atomic E-state index is 12.3. The summed E-state index contributed by atoms with van der Waals surface area (Å²) in [5, 5.41) is 3.27. The Morgan fingerprint density at radius 1 is 1.48 bits per heavy atom. The van der Waals surface area contributed by atoms with E-state index in [1.54, 1.807) is 19.1 Å². The van der Waals surface area contributed by atoms with Crippen LogP contribution in [-0.2, 0) is 4.79 Å². The van der Waals surface area contributed by atoms with Gasteiger partial charge in [-0.1, -0.05) is 17.8 Å². The highest BCUT2D eigenvalue weighted by molar-refractivity contribution is 8.14. The molecule has 1 aromatic rings. The zero-order valence-corrected chi connectivity index (χ0v) is 13.2. The molecule has 0 spiro atoms. The summed E-state index contributed by atoms with van der Waals surface area (Å²) in [7, 11) is 0. The summed E-state index contributed by atoms with van der Waals surface area (Å²) in [6, 6.07) is 4.48. The first kappa shape index (κ1) is 17.3. The number of rotatable bonds is 6. The van der Waals surface area contributed by atoms with Crippen LogP contribution in [0.5, 0.6) is 11.5 Å². The summed E-state index contributed by atoms with van der Waals surface area (Å²) >= 11 is 1.49. The number of aliphatic imine (C=N–C) groups is 1. The molecule has 1 aliphatic rings. The molecule has 0 aliphatic carbocycles. The fourth-order valence-corrected chi connectivity index (χ4v) is 2.55. The minimum absolute atomic E-state index is 0.0415. The third kappa shape index (κ3) is 5.55. The van der Waals surface area contributed by atoms with Gasteiger partial charge >= 0.3 is 6.61 Å². The Balaban J connectivity index is 2.05. The summed E-state index contributed by atoms with van der Waals surface area (Å²) in [5.74, 6) is 0.720. The molecule has 0 atom stereocenters. The number of halogens is 2. The smallest absolute Gasteiger partial charge is 0.387 e. The van der Waals surface area contributed by atoms with Gasteiger partial charge in [0.25, 0.3) is 0 Å². The van der Waals surface area contributed by atoms with E-state index in [0.29, 0.717) is 23.9 Å². The van der Waals surface area contributed by atoms with Crippen molar-refractivity contribution >= 4 is 28.9 Å². The Hall–Kier alpha value is -2.09. The fraction of sp³-hybridized carbons (Fsp3) is 0.333. The Bertz CT molecular complexity index is 621. The van der Waals surface area contributed by atoms with Gasteiger partial charge in [-0.2, -0.15) is 8.78 Å². The molecule has 0 fully saturated rings. The Labute approximate surface area is 136 Å². The van der Waals surface area contributed by atoms with E-state index in [2.05, 4.69) is 15.0 Å². The molecule has 0 aromatic heterocycles. The van der Waals surface area contributed by atoms with E-state index in [1.807, 2.05) is 0 Å². The number of alkyl halides is 2. The quantitative estimate of drug-likeness (QED) is 0.808. The highest BCUT2D eigenvalue weighted by Crippen LogP contribution is 2.30. The zero-order valence-electron chi connectivity index (χ0n) is 12.4. The van der Waals surface area contributed by atoms with Crippen LogP contribution >= 0.6 is 11.8 Å². The van der Waals surface area contributed by atoms with Crippen LogP contribution in [0.2, 0.25) is 0 Å². The van der Waals surface area contributed by atoms with E-state index in [-0.39, 0.29) is 17.4 Å². The van der Waals surface area contributed by atoms with Crippen LogP contribution in [-0.4, -0.2) is 36.6 Å². The van der Waals surface area contributed by atoms with Gasteiger partial charge < -0.3 is 14.8 Å². The summed E-state index contributed by atoms with van der Waals surface area (Å²) < 4.78 is 34.3. The predicted octanol–water partition coefficient (Wildman–Crippen LogP) is 2.92. The number of carbonyl (C=O) groups excluding carboxylic acids is 1. The number of amides is 1. The van der Waals surface area contributed by atoms with Gasteiger partial charge in [0.2, 0.25) is 5.91 Å². The third-order valence-corrected chi connectivity index (χ3v) is 3.62. The molecule has 124 valence electrons. The van der Waals surface area contributed by atoms with Gasteiger partial charge in [0.15, 0.2) is 16.7 Å². The molecule has 1 heterocycles. The van der Waals surface area contributed by atoms with Gasteiger partial charge in [-0.15, -0.1) is 0 Å². The van der Waals surface area contributed by atoms with Gasteiger partial charge in [0.05, 0.1) is 13.2 Å². The van der Waals surface area contributed by atoms with Crippen molar-refractivity contribution in [3.05, 3.63) is 29.8 Å². The number of benzene rings is 1. The summed E-state index contributed by atoms with van der Waals surface area (Å²) in [5.41, 5.74) is 0.631. The largest absolute Gasteiger partial charge is 0.490 e. The standard InChI is InChI=1S/C15H16F2N2O3S/c1-2-21-12-9-10(3-5-11(12)22-14(16)17)4-6-13(20)19-15-18-7-8-23-15/h3-6,9,14H,2,7-8H2,1H3,(H,18,19,20). The van der Waals surface area contributed by atoms with Crippen molar-refractivity contribution in [3.8, 4) is 11.5 Å². The van der Waals surface area contributed by atoms with Crippen molar-refractivity contribution in [2.45, 2.75) is 13.5 Å². The number of nitrogens with one attached hydrogen (secondary N) is 1. The second-order valence-electron chi connectivity index (χ2n) is 4.38. The van der Waals surface area contributed by atoms with E-state index < -0.39 is 6.61 Å². The highest BCUT2D eigenvalue weighted by atomic mass is 32.2. The van der Waals surface area contributed by atoms with E-state index >= 15 is 0 Å². The number of amidine groups is 1. The first-order chi connectivity index (χ1) is 11.1. The fourth-order valence-electron chi connectivity index (χ4n) is 1.82. The van der Waals surface area contributed by atoms with Gasteiger partial charge in [-0.05, 0) is 30.7 Å².